The molecule has 24 heavy (non-hydrogen) atoms. The van der Waals surface area contributed by atoms with E-state index < -0.39 is 0 Å². The Hall–Kier alpha value is -1.88. The average molecular weight is 329 g/mol. The summed E-state index contributed by atoms with van der Waals surface area (Å²) in [5.41, 5.74) is 0.969. The molecular weight excluding hydrogens is 306 g/mol. The highest BCUT2D eigenvalue weighted by molar-refractivity contribution is 5.84. The number of ether oxygens (including phenoxy) is 2. The summed E-state index contributed by atoms with van der Waals surface area (Å²) in [6.07, 6.45) is 3.98. The number of Topliss-reactive ketones (excluding diaryl/α,β-unsaturated/α-hetero) is 1. The van der Waals surface area contributed by atoms with Gasteiger partial charge >= 0.3 is 6.09 Å². The lowest BCUT2D eigenvalue weighted by Crippen LogP contribution is -2.48. The molecule has 4 atom stereocenters. The fraction of sp³-hybridized carbons (Fsp3) is 0.579. The summed E-state index contributed by atoms with van der Waals surface area (Å²) in [6.45, 7) is 1.21. The van der Waals surface area contributed by atoms with E-state index in [4.69, 9.17) is 9.47 Å². The number of ketones is 1. The van der Waals surface area contributed by atoms with Gasteiger partial charge in [-0.25, -0.2) is 4.79 Å². The zero-order valence-electron chi connectivity index (χ0n) is 13.7. The van der Waals surface area contributed by atoms with Crippen LogP contribution in [0.25, 0.3) is 0 Å². The average Bonchev–Trinajstić information content (AvgIpc) is 3.41. The fourth-order valence-corrected chi connectivity index (χ4v) is 4.13. The lowest BCUT2D eigenvalue weighted by atomic mass is 9.76. The quantitative estimate of drug-likeness (QED) is 0.800. The molecule has 2 saturated heterocycles. The number of benzene rings is 1. The minimum absolute atomic E-state index is 0.0849. The molecule has 1 aliphatic carbocycles. The van der Waals surface area contributed by atoms with Crippen molar-refractivity contribution in [1.29, 1.82) is 0 Å². The molecule has 3 aliphatic rings. The second kappa shape index (κ2) is 6.55. The summed E-state index contributed by atoms with van der Waals surface area (Å²) >= 11 is 0. The Morgan fingerprint density at radius 3 is 2.92 bits per heavy atom. The number of amides is 1. The van der Waals surface area contributed by atoms with Gasteiger partial charge in [-0.1, -0.05) is 36.8 Å². The van der Waals surface area contributed by atoms with Crippen molar-refractivity contribution in [2.75, 3.05) is 13.1 Å². The van der Waals surface area contributed by atoms with Gasteiger partial charge in [-0.15, -0.1) is 0 Å². The second-order valence-electron chi connectivity index (χ2n) is 7.04. The SMILES string of the molecule is O=C1CCN(C(=O)OCc2ccccc2)CC1C1CCCC2OC21. The Kier molecular flexibility index (Phi) is 4.27. The zero-order chi connectivity index (χ0) is 16.5. The Labute approximate surface area is 141 Å². The van der Waals surface area contributed by atoms with Crippen molar-refractivity contribution >= 4 is 11.9 Å². The van der Waals surface area contributed by atoms with Crippen molar-refractivity contribution in [2.45, 2.75) is 44.5 Å². The van der Waals surface area contributed by atoms with Crippen molar-refractivity contribution in [3.8, 4) is 0 Å². The lowest BCUT2D eigenvalue weighted by Gasteiger charge is -2.35. The van der Waals surface area contributed by atoms with Crippen LogP contribution in [-0.2, 0) is 20.9 Å². The van der Waals surface area contributed by atoms with Gasteiger partial charge < -0.3 is 14.4 Å². The van der Waals surface area contributed by atoms with Gasteiger partial charge in [0.2, 0.25) is 0 Å². The van der Waals surface area contributed by atoms with Crippen LogP contribution in [0.15, 0.2) is 30.3 Å². The molecule has 1 amide bonds. The molecule has 5 nitrogen and oxygen atoms in total. The molecule has 2 aliphatic heterocycles. The molecule has 128 valence electrons. The van der Waals surface area contributed by atoms with Crippen LogP contribution in [0, 0.1) is 11.8 Å². The minimum Gasteiger partial charge on any atom is -0.445 e. The van der Waals surface area contributed by atoms with Crippen LogP contribution >= 0.6 is 0 Å². The van der Waals surface area contributed by atoms with Gasteiger partial charge in [-0.05, 0) is 24.3 Å². The van der Waals surface area contributed by atoms with Gasteiger partial charge in [0.15, 0.2) is 0 Å². The van der Waals surface area contributed by atoms with E-state index in [0.29, 0.717) is 25.6 Å². The molecule has 4 rings (SSSR count). The summed E-state index contributed by atoms with van der Waals surface area (Å²) in [5, 5.41) is 0. The van der Waals surface area contributed by atoms with E-state index in [0.717, 1.165) is 24.8 Å². The number of rotatable bonds is 3. The van der Waals surface area contributed by atoms with Crippen molar-refractivity contribution in [2.24, 2.45) is 11.8 Å². The fourth-order valence-electron chi connectivity index (χ4n) is 4.13. The number of hydrogen-bond acceptors (Lipinski definition) is 4. The first-order valence-electron chi connectivity index (χ1n) is 8.86. The molecule has 1 saturated carbocycles. The van der Waals surface area contributed by atoms with Crippen molar-refractivity contribution in [1.82, 2.24) is 4.90 Å². The Balaban J connectivity index is 1.35. The summed E-state index contributed by atoms with van der Waals surface area (Å²) < 4.78 is 11.1. The van der Waals surface area contributed by atoms with Crippen molar-refractivity contribution in [3.05, 3.63) is 35.9 Å². The molecule has 0 radical (unpaired) electrons. The standard InChI is InChI=1S/C19H23NO4/c21-16-9-10-20(19(22)23-12-13-5-2-1-3-6-13)11-15(16)14-7-4-8-17-18(14)24-17/h1-3,5-6,14-15,17-18H,4,7-12H2. The third kappa shape index (κ3) is 3.18. The molecular formula is C19H23NO4. The Morgan fingerprint density at radius 1 is 1.25 bits per heavy atom. The largest absolute Gasteiger partial charge is 0.445 e. The Morgan fingerprint density at radius 2 is 2.08 bits per heavy atom. The van der Waals surface area contributed by atoms with E-state index in [1.165, 1.54) is 0 Å². The highest BCUT2D eigenvalue weighted by Gasteiger charge is 2.52. The van der Waals surface area contributed by atoms with Gasteiger partial charge in [0.05, 0.1) is 12.2 Å². The monoisotopic (exact) mass is 329 g/mol. The number of fused-ring (bicyclic) bond motifs is 1. The Bertz CT molecular complexity index is 617. The van der Waals surface area contributed by atoms with E-state index >= 15 is 0 Å². The topological polar surface area (TPSA) is 59.1 Å². The minimum atomic E-state index is -0.319. The molecule has 0 spiro atoms. The van der Waals surface area contributed by atoms with Gasteiger partial charge in [0, 0.05) is 25.4 Å². The first kappa shape index (κ1) is 15.6. The van der Waals surface area contributed by atoms with Gasteiger partial charge in [-0.3, -0.25) is 4.79 Å². The number of hydrogen-bond donors (Lipinski definition) is 0. The number of nitrogens with zero attached hydrogens (tertiary/aromatic N) is 1. The highest BCUT2D eigenvalue weighted by atomic mass is 16.6. The molecule has 1 aromatic carbocycles. The third-order valence-corrected chi connectivity index (χ3v) is 5.51. The highest BCUT2D eigenvalue weighted by Crippen LogP contribution is 2.45. The normalized spacial score (nSPS) is 32.2. The van der Waals surface area contributed by atoms with Crippen LogP contribution < -0.4 is 0 Å². The smallest absolute Gasteiger partial charge is 0.410 e. The maximum Gasteiger partial charge on any atom is 0.410 e. The first-order valence-corrected chi connectivity index (χ1v) is 8.86. The second-order valence-corrected chi connectivity index (χ2v) is 7.04. The molecule has 3 fully saturated rings. The summed E-state index contributed by atoms with van der Waals surface area (Å²) in [7, 11) is 0. The summed E-state index contributed by atoms with van der Waals surface area (Å²) in [5.74, 6) is 0.475. The number of carbonyl (C=O) groups is 2. The molecule has 0 aromatic heterocycles. The third-order valence-electron chi connectivity index (χ3n) is 5.51. The van der Waals surface area contributed by atoms with Crippen LogP contribution in [0.3, 0.4) is 0 Å². The molecule has 2 heterocycles. The van der Waals surface area contributed by atoms with Crippen LogP contribution in [0.4, 0.5) is 4.79 Å². The van der Waals surface area contributed by atoms with E-state index in [2.05, 4.69) is 0 Å². The predicted molar refractivity (Wildman–Crippen MR) is 87.3 cm³/mol. The predicted octanol–water partition coefficient (Wildman–Crippen LogP) is 2.78. The van der Waals surface area contributed by atoms with E-state index in [1.54, 1.807) is 4.90 Å². The van der Waals surface area contributed by atoms with Crippen LogP contribution in [0.1, 0.15) is 31.2 Å². The van der Waals surface area contributed by atoms with Gasteiger partial charge in [-0.2, -0.15) is 0 Å². The van der Waals surface area contributed by atoms with Crippen molar-refractivity contribution in [3.63, 3.8) is 0 Å². The molecule has 0 bridgehead atoms. The van der Waals surface area contributed by atoms with E-state index in [1.807, 2.05) is 30.3 Å². The van der Waals surface area contributed by atoms with Crippen LogP contribution in [0.5, 0.6) is 0 Å². The van der Waals surface area contributed by atoms with E-state index in [-0.39, 0.29) is 36.4 Å². The molecule has 1 aromatic rings. The van der Waals surface area contributed by atoms with Crippen LogP contribution in [0.2, 0.25) is 0 Å². The summed E-state index contributed by atoms with van der Waals surface area (Å²) in [6, 6.07) is 9.65. The van der Waals surface area contributed by atoms with Gasteiger partial charge in [0.25, 0.3) is 0 Å². The first-order chi connectivity index (χ1) is 11.7. The van der Waals surface area contributed by atoms with E-state index in [9.17, 15) is 9.59 Å². The number of likely N-dealkylation sites (tertiary alicyclic amines) is 1. The van der Waals surface area contributed by atoms with Crippen LogP contribution in [-0.4, -0.2) is 42.1 Å². The maximum absolute atomic E-state index is 12.4. The lowest BCUT2D eigenvalue weighted by molar-refractivity contribution is -0.128. The summed E-state index contributed by atoms with van der Waals surface area (Å²) in [4.78, 5) is 26.4. The number of epoxide rings is 1. The van der Waals surface area contributed by atoms with Gasteiger partial charge in [0.1, 0.15) is 12.4 Å². The number of piperidine rings is 1. The number of carbonyl (C=O) groups excluding carboxylic acids is 2. The molecule has 5 heteroatoms. The molecule has 4 unspecified atom stereocenters. The zero-order valence-corrected chi connectivity index (χ0v) is 13.7. The maximum atomic E-state index is 12.4. The van der Waals surface area contributed by atoms with Crippen molar-refractivity contribution < 1.29 is 19.1 Å². The molecule has 0 N–H and O–H groups in total.